The molecule has 0 spiro atoms. The van der Waals surface area contributed by atoms with E-state index in [4.69, 9.17) is 37.9 Å². The minimum absolute atomic E-state index is 0.0558. The zero-order chi connectivity index (χ0) is 40.7. The van der Waals surface area contributed by atoms with Crippen molar-refractivity contribution < 1.29 is 71.5 Å². The lowest BCUT2D eigenvalue weighted by atomic mass is 9.92. The van der Waals surface area contributed by atoms with Gasteiger partial charge in [-0.1, -0.05) is 29.4 Å². The molecule has 2 aromatic rings. The van der Waals surface area contributed by atoms with E-state index in [1.165, 1.54) is 19.2 Å². The van der Waals surface area contributed by atoms with E-state index in [0.29, 0.717) is 5.75 Å². The average molecular weight is 782 g/mol. The quantitative estimate of drug-likeness (QED) is 0.0755. The van der Waals surface area contributed by atoms with E-state index >= 15 is 0 Å². The lowest BCUT2D eigenvalue weighted by Crippen LogP contribution is -2.70. The Kier molecular flexibility index (Phi) is 13.2. The van der Waals surface area contributed by atoms with Gasteiger partial charge in [0.05, 0.1) is 44.1 Å². The van der Waals surface area contributed by atoms with Crippen LogP contribution in [0.3, 0.4) is 0 Å². The Morgan fingerprint density at radius 1 is 0.821 bits per heavy atom. The van der Waals surface area contributed by atoms with Crippen LogP contribution < -0.4 is 10.1 Å². The smallest absolute Gasteiger partial charge is 0.303 e. The number of fused-ring (bicyclic) bond motifs is 1. The predicted molar refractivity (Wildman–Crippen MR) is 185 cm³/mol. The fraction of sp³-hybridized carbons (Fsp3) is 0.472. The molecular formula is C36H39N5O15. The monoisotopic (exact) mass is 781 g/mol. The third-order valence-corrected chi connectivity index (χ3v) is 8.94. The second-order valence-corrected chi connectivity index (χ2v) is 12.8. The summed E-state index contributed by atoms with van der Waals surface area (Å²) < 4.78 is 44.9. The summed E-state index contributed by atoms with van der Waals surface area (Å²) in [5.74, 6) is -5.56. The van der Waals surface area contributed by atoms with E-state index in [1.54, 1.807) is 36.4 Å². The maximum Gasteiger partial charge on any atom is 0.303 e. The average Bonchev–Trinajstić information content (AvgIpc) is 3.40. The van der Waals surface area contributed by atoms with Crippen LogP contribution in [0.2, 0.25) is 0 Å². The molecule has 0 saturated carbocycles. The van der Waals surface area contributed by atoms with Gasteiger partial charge in [0.25, 0.3) is 17.7 Å². The van der Waals surface area contributed by atoms with Crippen LogP contribution >= 0.6 is 0 Å². The second-order valence-electron chi connectivity index (χ2n) is 12.8. The van der Waals surface area contributed by atoms with E-state index in [1.807, 2.05) is 0 Å². The van der Waals surface area contributed by atoms with Crippen LogP contribution in [0.25, 0.3) is 10.4 Å². The molecule has 0 radical (unpaired) electrons. The number of carbonyl (C=O) groups excluding carboxylic acids is 7. The van der Waals surface area contributed by atoms with Crippen molar-refractivity contribution in [1.82, 2.24) is 10.2 Å². The lowest BCUT2D eigenvalue weighted by molar-refractivity contribution is -0.243. The van der Waals surface area contributed by atoms with Gasteiger partial charge in [0.1, 0.15) is 24.0 Å². The van der Waals surface area contributed by atoms with Gasteiger partial charge in [0.15, 0.2) is 30.6 Å². The topological polar surface area (TPSA) is 257 Å². The Balaban J connectivity index is 1.52. The van der Waals surface area contributed by atoms with Gasteiger partial charge in [0.2, 0.25) is 0 Å². The number of hydrogen-bond acceptors (Lipinski definition) is 16. The molecule has 2 fully saturated rings. The third-order valence-electron chi connectivity index (χ3n) is 8.94. The van der Waals surface area contributed by atoms with Crippen molar-refractivity contribution in [2.24, 2.45) is 5.11 Å². The highest BCUT2D eigenvalue weighted by Crippen LogP contribution is 2.33. The summed E-state index contributed by atoms with van der Waals surface area (Å²) in [4.78, 5) is 94.7. The van der Waals surface area contributed by atoms with E-state index in [0.717, 1.165) is 38.2 Å². The summed E-state index contributed by atoms with van der Waals surface area (Å²) >= 11 is 0. The molecule has 2 aromatic carbocycles. The summed E-state index contributed by atoms with van der Waals surface area (Å²) in [7, 11) is 1.52. The number of imide groups is 1. The molecule has 56 heavy (non-hydrogen) atoms. The maximum atomic E-state index is 14.4. The largest absolute Gasteiger partial charge is 0.497 e. The maximum absolute atomic E-state index is 14.4. The van der Waals surface area contributed by atoms with Crippen molar-refractivity contribution in [3.05, 3.63) is 75.7 Å². The van der Waals surface area contributed by atoms with Gasteiger partial charge in [-0.3, -0.25) is 38.5 Å². The number of esters is 4. The zero-order valence-electron chi connectivity index (χ0n) is 30.8. The molecule has 3 amide bonds. The molecule has 3 aliphatic heterocycles. The highest BCUT2D eigenvalue weighted by atomic mass is 16.7. The van der Waals surface area contributed by atoms with E-state index in [9.17, 15) is 39.1 Å². The minimum Gasteiger partial charge on any atom is -0.497 e. The standard InChI is InChI=1S/C36H39N5O15/c1-17(42)52-28-25(41-35(47)23-8-6-7-9-24(23)36(41)48)15-51-26(16-50-14-21-10-12-22(49-5)13-11-21)27(28)38-33(46)31-29(53-18(2)43)30(54-19(3)44)32(55-20(4)45)34(56-31)39-40-37/h6-13,25-32,34H,14-16H2,1-5H3,(H,38,46)/t25?,26?,27-,28+,29-,30-,31?,32?,34+/m0/s1. The van der Waals surface area contributed by atoms with Gasteiger partial charge in [-0.15, -0.1) is 0 Å². The van der Waals surface area contributed by atoms with Crippen LogP contribution in [-0.4, -0.2) is 122 Å². The van der Waals surface area contributed by atoms with Gasteiger partial charge in [0, 0.05) is 32.6 Å². The van der Waals surface area contributed by atoms with Gasteiger partial charge >= 0.3 is 23.9 Å². The van der Waals surface area contributed by atoms with Crippen molar-refractivity contribution in [3.63, 3.8) is 0 Å². The van der Waals surface area contributed by atoms with Gasteiger partial charge < -0.3 is 43.2 Å². The summed E-state index contributed by atoms with van der Waals surface area (Å²) in [6.45, 7) is 3.57. The molecule has 9 atom stereocenters. The van der Waals surface area contributed by atoms with Crippen molar-refractivity contribution in [2.45, 2.75) is 89.2 Å². The Labute approximate surface area is 319 Å². The molecule has 2 saturated heterocycles. The molecule has 3 heterocycles. The normalized spacial score (nSPS) is 26.9. The molecule has 20 nitrogen and oxygen atoms in total. The molecule has 1 N–H and O–H groups in total. The van der Waals surface area contributed by atoms with Crippen molar-refractivity contribution in [2.75, 3.05) is 20.3 Å². The number of hydrogen-bond donors (Lipinski definition) is 1. The van der Waals surface area contributed by atoms with E-state index in [2.05, 4.69) is 15.3 Å². The predicted octanol–water partition coefficient (Wildman–Crippen LogP) is 1.52. The number of ether oxygens (including phenoxy) is 8. The Hall–Kier alpha value is -6.08. The number of rotatable bonds is 13. The number of methoxy groups -OCH3 is 1. The number of azide groups is 1. The first kappa shape index (κ1) is 41.1. The summed E-state index contributed by atoms with van der Waals surface area (Å²) in [5, 5.41) is 6.16. The van der Waals surface area contributed by atoms with Crippen LogP contribution in [0.5, 0.6) is 5.75 Å². The van der Waals surface area contributed by atoms with Crippen LogP contribution in [0.4, 0.5) is 0 Å². The Morgan fingerprint density at radius 2 is 1.38 bits per heavy atom. The Morgan fingerprint density at radius 3 is 1.93 bits per heavy atom. The lowest BCUT2D eigenvalue weighted by Gasteiger charge is -2.46. The van der Waals surface area contributed by atoms with E-state index < -0.39 is 96.5 Å². The summed E-state index contributed by atoms with van der Waals surface area (Å²) in [6.07, 6.45) is -11.5. The van der Waals surface area contributed by atoms with Crippen LogP contribution in [0.15, 0.2) is 53.6 Å². The molecule has 298 valence electrons. The molecule has 0 aromatic heterocycles. The van der Waals surface area contributed by atoms with E-state index in [-0.39, 0.29) is 30.9 Å². The molecule has 0 aliphatic carbocycles. The molecule has 4 unspecified atom stereocenters. The fourth-order valence-corrected chi connectivity index (χ4v) is 6.68. The number of amides is 3. The summed E-state index contributed by atoms with van der Waals surface area (Å²) in [5.41, 5.74) is 10.3. The fourth-order valence-electron chi connectivity index (χ4n) is 6.68. The van der Waals surface area contributed by atoms with Gasteiger partial charge in [-0.2, -0.15) is 0 Å². The first-order valence-corrected chi connectivity index (χ1v) is 17.2. The molecule has 0 bridgehead atoms. The Bertz CT molecular complexity index is 1870. The highest BCUT2D eigenvalue weighted by Gasteiger charge is 2.56. The van der Waals surface area contributed by atoms with Crippen LogP contribution in [0, 0.1) is 0 Å². The number of nitrogens with zero attached hydrogens (tertiary/aromatic N) is 4. The van der Waals surface area contributed by atoms with Crippen LogP contribution in [0.1, 0.15) is 54.0 Å². The molecule has 3 aliphatic rings. The molecular weight excluding hydrogens is 742 g/mol. The van der Waals surface area contributed by atoms with Crippen LogP contribution in [-0.2, 0) is 63.7 Å². The first-order chi connectivity index (χ1) is 26.7. The second kappa shape index (κ2) is 18.0. The number of benzene rings is 2. The van der Waals surface area contributed by atoms with Crippen molar-refractivity contribution in [1.29, 1.82) is 0 Å². The highest BCUT2D eigenvalue weighted by molar-refractivity contribution is 6.21. The number of carbonyl (C=O) groups is 7. The molecule has 20 heteroatoms. The number of nitrogens with one attached hydrogen (secondary N) is 1. The van der Waals surface area contributed by atoms with Crippen molar-refractivity contribution >= 4 is 41.6 Å². The minimum atomic E-state index is -1.94. The van der Waals surface area contributed by atoms with Crippen molar-refractivity contribution in [3.8, 4) is 5.75 Å². The summed E-state index contributed by atoms with van der Waals surface area (Å²) in [6, 6.07) is 10.4. The SMILES string of the molecule is COc1ccc(COCC2OCC(N3C(=O)c4ccccc4C3=O)[C@@H](OC(C)=O)[C@H]2NC(=O)C2O[C@@H](N=[N+]=[N-])C(OC(C)=O)[C@@H](OC(C)=O)[C@@H]2OC(C)=O)cc1. The third kappa shape index (κ3) is 9.23. The first-order valence-electron chi connectivity index (χ1n) is 17.2. The van der Waals surface area contributed by atoms with Gasteiger partial charge in [-0.05, 0) is 35.4 Å². The zero-order valence-corrected chi connectivity index (χ0v) is 30.8. The van der Waals surface area contributed by atoms with Gasteiger partial charge in [-0.25, -0.2) is 0 Å². The molecule has 5 rings (SSSR count).